The number of carbonyl (C=O) groups is 2. The Labute approximate surface area is 183 Å². The van der Waals surface area contributed by atoms with E-state index in [0.29, 0.717) is 49.8 Å². The molecule has 2 aromatic heterocycles. The van der Waals surface area contributed by atoms with E-state index in [4.69, 9.17) is 4.42 Å². The van der Waals surface area contributed by atoms with Crippen LogP contribution in [0.25, 0.3) is 0 Å². The quantitative estimate of drug-likeness (QED) is 0.721. The Morgan fingerprint density at radius 1 is 1.19 bits per heavy atom. The first kappa shape index (κ1) is 23.0. The van der Waals surface area contributed by atoms with E-state index in [2.05, 4.69) is 33.9 Å². The van der Waals surface area contributed by atoms with Gasteiger partial charge in [0.15, 0.2) is 5.82 Å². The molecule has 2 aromatic rings. The van der Waals surface area contributed by atoms with Crippen LogP contribution < -0.4 is 5.32 Å². The highest BCUT2D eigenvalue weighted by molar-refractivity contribution is 5.95. The van der Waals surface area contributed by atoms with Gasteiger partial charge in [-0.3, -0.25) is 9.59 Å². The fourth-order valence-corrected chi connectivity index (χ4v) is 4.05. The number of rotatable bonds is 7. The number of fused-ring (bicyclic) bond motifs is 1. The summed E-state index contributed by atoms with van der Waals surface area (Å²) in [5.41, 5.74) is 0.615. The number of nitrogens with zero attached hydrogens (tertiary/aromatic N) is 5. The first-order valence-electron chi connectivity index (χ1n) is 10.9. The van der Waals surface area contributed by atoms with E-state index in [1.165, 1.54) is 0 Å². The minimum Gasteiger partial charge on any atom is -0.466 e. The van der Waals surface area contributed by atoms with Gasteiger partial charge in [-0.1, -0.05) is 13.8 Å². The highest BCUT2D eigenvalue weighted by atomic mass is 16.3. The molecule has 3 heterocycles. The number of furan rings is 1. The number of nitrogens with one attached hydrogen (secondary N) is 1. The van der Waals surface area contributed by atoms with Gasteiger partial charge in [0.2, 0.25) is 5.91 Å². The van der Waals surface area contributed by atoms with E-state index >= 15 is 0 Å². The Balaban J connectivity index is 1.77. The van der Waals surface area contributed by atoms with Gasteiger partial charge in [0.05, 0.1) is 18.2 Å². The van der Waals surface area contributed by atoms with Crippen molar-refractivity contribution in [1.29, 1.82) is 0 Å². The van der Waals surface area contributed by atoms with E-state index in [1.807, 2.05) is 37.7 Å². The van der Waals surface area contributed by atoms with Gasteiger partial charge in [-0.2, -0.15) is 0 Å². The van der Waals surface area contributed by atoms with Crippen LogP contribution in [0.3, 0.4) is 0 Å². The van der Waals surface area contributed by atoms with Crippen molar-refractivity contribution in [3.05, 3.63) is 34.8 Å². The van der Waals surface area contributed by atoms with E-state index < -0.39 is 0 Å². The lowest BCUT2D eigenvalue weighted by molar-refractivity contribution is -0.122. The van der Waals surface area contributed by atoms with Gasteiger partial charge < -0.3 is 24.1 Å². The Kier molecular flexibility index (Phi) is 7.15. The molecule has 0 fully saturated rings. The maximum atomic E-state index is 13.0. The van der Waals surface area contributed by atoms with Crippen LogP contribution in [0.2, 0.25) is 0 Å². The summed E-state index contributed by atoms with van der Waals surface area (Å²) in [5, 5.41) is 12.0. The zero-order valence-electron chi connectivity index (χ0n) is 19.4. The summed E-state index contributed by atoms with van der Waals surface area (Å²) in [6.45, 7) is 9.96. The Hall–Kier alpha value is -2.68. The summed E-state index contributed by atoms with van der Waals surface area (Å²) in [7, 11) is 3.74. The van der Waals surface area contributed by atoms with Gasteiger partial charge >= 0.3 is 0 Å². The SMILES string of the molecule is Cc1cc(C(=O)N2CCc3nnc(C(CC(C)C)NC(=O)CN(C)C)n3CC2)c(C)o1. The van der Waals surface area contributed by atoms with Gasteiger partial charge in [0.1, 0.15) is 17.3 Å². The van der Waals surface area contributed by atoms with Crippen molar-refractivity contribution in [2.45, 2.75) is 53.1 Å². The topological polar surface area (TPSA) is 96.5 Å². The highest BCUT2D eigenvalue weighted by Crippen LogP contribution is 2.23. The average molecular weight is 431 g/mol. The van der Waals surface area contributed by atoms with Crippen LogP contribution in [-0.4, -0.2) is 70.1 Å². The van der Waals surface area contributed by atoms with Crippen LogP contribution in [0.5, 0.6) is 0 Å². The van der Waals surface area contributed by atoms with Crippen molar-refractivity contribution in [3.63, 3.8) is 0 Å². The van der Waals surface area contributed by atoms with Crippen LogP contribution >= 0.6 is 0 Å². The standard InChI is InChI=1S/C22H34N6O3/c1-14(2)11-18(23-20(29)13-26(5)6)21-25-24-19-7-8-27(9-10-28(19)21)22(30)17-12-15(3)31-16(17)4/h12,14,18H,7-11,13H2,1-6H3,(H,23,29). The number of likely N-dealkylation sites (N-methyl/N-ethyl adjacent to an activating group) is 1. The molecule has 3 rings (SSSR count). The smallest absolute Gasteiger partial charge is 0.257 e. The number of hydrogen-bond acceptors (Lipinski definition) is 6. The molecule has 0 radical (unpaired) electrons. The summed E-state index contributed by atoms with van der Waals surface area (Å²) in [4.78, 5) is 29.2. The van der Waals surface area contributed by atoms with Crippen molar-refractivity contribution < 1.29 is 14.0 Å². The zero-order valence-corrected chi connectivity index (χ0v) is 19.4. The second-order valence-corrected chi connectivity index (χ2v) is 8.98. The number of aryl methyl sites for hydroxylation is 2. The first-order valence-corrected chi connectivity index (χ1v) is 10.9. The second-order valence-electron chi connectivity index (χ2n) is 8.98. The monoisotopic (exact) mass is 430 g/mol. The molecule has 0 saturated heterocycles. The molecule has 0 aliphatic carbocycles. The number of amides is 2. The molecule has 1 aliphatic heterocycles. The third-order valence-corrected chi connectivity index (χ3v) is 5.43. The van der Waals surface area contributed by atoms with Gasteiger partial charge in [0, 0.05) is 26.1 Å². The molecule has 1 unspecified atom stereocenters. The third kappa shape index (κ3) is 5.52. The van der Waals surface area contributed by atoms with Crippen molar-refractivity contribution in [1.82, 2.24) is 29.9 Å². The molecule has 0 spiro atoms. The molecule has 170 valence electrons. The lowest BCUT2D eigenvalue weighted by Crippen LogP contribution is -2.38. The molecule has 31 heavy (non-hydrogen) atoms. The van der Waals surface area contributed by atoms with Crippen molar-refractivity contribution in [2.24, 2.45) is 5.92 Å². The van der Waals surface area contributed by atoms with Crippen LogP contribution in [0.1, 0.15) is 59.8 Å². The normalized spacial score (nSPS) is 15.2. The predicted octanol–water partition coefficient (Wildman–Crippen LogP) is 1.95. The molecule has 0 bridgehead atoms. The number of hydrogen-bond donors (Lipinski definition) is 1. The summed E-state index contributed by atoms with van der Waals surface area (Å²) in [5.74, 6) is 3.32. The molecule has 9 nitrogen and oxygen atoms in total. The molecule has 2 amide bonds. The molecule has 1 atom stereocenters. The third-order valence-electron chi connectivity index (χ3n) is 5.43. The first-order chi connectivity index (χ1) is 14.7. The van der Waals surface area contributed by atoms with Crippen LogP contribution in [0, 0.1) is 19.8 Å². The molecular formula is C22H34N6O3. The van der Waals surface area contributed by atoms with Crippen LogP contribution in [0.15, 0.2) is 10.5 Å². The predicted molar refractivity (Wildman–Crippen MR) is 117 cm³/mol. The van der Waals surface area contributed by atoms with Crippen LogP contribution in [0.4, 0.5) is 0 Å². The molecule has 1 N–H and O–H groups in total. The van der Waals surface area contributed by atoms with Gasteiger partial charge in [-0.25, -0.2) is 0 Å². The van der Waals surface area contributed by atoms with Crippen LogP contribution in [-0.2, 0) is 17.8 Å². The number of carbonyl (C=O) groups excluding carboxylic acids is 2. The number of aromatic nitrogens is 3. The minimum absolute atomic E-state index is 0.0207. The van der Waals surface area contributed by atoms with E-state index in [0.717, 1.165) is 23.8 Å². The largest absolute Gasteiger partial charge is 0.466 e. The van der Waals surface area contributed by atoms with E-state index in [-0.39, 0.29) is 17.9 Å². The zero-order chi connectivity index (χ0) is 22.7. The maximum Gasteiger partial charge on any atom is 0.257 e. The van der Waals surface area contributed by atoms with E-state index in [1.54, 1.807) is 6.07 Å². The van der Waals surface area contributed by atoms with Gasteiger partial charge in [-0.15, -0.1) is 10.2 Å². The summed E-state index contributed by atoms with van der Waals surface area (Å²) < 4.78 is 7.61. The Morgan fingerprint density at radius 2 is 1.94 bits per heavy atom. The van der Waals surface area contributed by atoms with Crippen molar-refractivity contribution in [2.75, 3.05) is 33.7 Å². The van der Waals surface area contributed by atoms with Gasteiger partial charge in [-0.05, 0) is 46.3 Å². The summed E-state index contributed by atoms with van der Waals surface area (Å²) in [6.07, 6.45) is 1.39. The fraction of sp³-hybridized carbons (Fsp3) is 0.636. The lowest BCUT2D eigenvalue weighted by Gasteiger charge is -2.23. The van der Waals surface area contributed by atoms with Crippen molar-refractivity contribution in [3.8, 4) is 0 Å². The molecule has 1 aliphatic rings. The minimum atomic E-state index is -0.213. The molecule has 9 heteroatoms. The maximum absolute atomic E-state index is 13.0. The summed E-state index contributed by atoms with van der Waals surface area (Å²) in [6, 6.07) is 1.59. The summed E-state index contributed by atoms with van der Waals surface area (Å²) >= 11 is 0. The molecule has 0 saturated carbocycles. The van der Waals surface area contributed by atoms with Gasteiger partial charge in [0.25, 0.3) is 5.91 Å². The molecular weight excluding hydrogens is 396 g/mol. The lowest BCUT2D eigenvalue weighted by atomic mass is 10.0. The van der Waals surface area contributed by atoms with E-state index in [9.17, 15) is 9.59 Å². The highest BCUT2D eigenvalue weighted by Gasteiger charge is 2.28. The second kappa shape index (κ2) is 9.64. The van der Waals surface area contributed by atoms with Crippen molar-refractivity contribution >= 4 is 11.8 Å². The molecule has 0 aromatic carbocycles. The fourth-order valence-electron chi connectivity index (χ4n) is 4.05. The Morgan fingerprint density at radius 3 is 2.55 bits per heavy atom. The Bertz CT molecular complexity index is 930. The average Bonchev–Trinajstić information content (AvgIpc) is 3.15.